The Morgan fingerprint density at radius 1 is 0.596 bits per heavy atom. The lowest BCUT2D eigenvalue weighted by atomic mass is 10.3. The lowest BCUT2D eigenvalue weighted by molar-refractivity contribution is 0.153. The number of halogens is 5. The zero-order valence-corrected chi connectivity index (χ0v) is 36.2. The predicted molar refractivity (Wildman–Crippen MR) is 225 cm³/mol. The maximum absolute atomic E-state index is 12.5. The van der Waals surface area contributed by atoms with E-state index in [1.54, 1.807) is 50.2 Å². The molecule has 4 rings (SSSR count). The molecule has 4 aromatic rings. The van der Waals surface area contributed by atoms with Crippen molar-refractivity contribution >= 4 is 117 Å². The molecule has 8 N–H and O–H groups in total. The highest BCUT2D eigenvalue weighted by molar-refractivity contribution is 9.10. The standard InChI is InChI=1S/C17H19BrClN3O5S.C17H18Cl3N3O5S/c1-2-27-10-9-20-28(25,26)16-12(19)7-8-14(15(16)23)22-17(24)21-13-6-4-3-5-11(13)18;1-2-28-9-8-21-29(26,27)16-11(19)6-7-13(15(16)24)23-17(25)22-12-5-3-4-10(18)14(12)20/h3-8,20,23H,2,9-10H2,1H3,(H2,21,22,24);3-7,21,24H,2,8-9H2,1H3,(H2,22,23,25). The smallest absolute Gasteiger partial charge is 0.323 e. The van der Waals surface area contributed by atoms with Gasteiger partial charge in [-0.2, -0.15) is 0 Å². The highest BCUT2D eigenvalue weighted by Gasteiger charge is 2.27. The number of hydrogen-bond donors (Lipinski definition) is 8. The molecule has 0 radical (unpaired) electrons. The van der Waals surface area contributed by atoms with Crippen molar-refractivity contribution in [3.05, 3.63) is 91.3 Å². The molecule has 0 spiro atoms. The van der Waals surface area contributed by atoms with Gasteiger partial charge in [0.15, 0.2) is 11.5 Å². The summed E-state index contributed by atoms with van der Waals surface area (Å²) in [4.78, 5) is 23.4. The number of carbonyl (C=O) groups is 2. The molecule has 0 fully saturated rings. The number of carbonyl (C=O) groups excluding carboxylic acids is 2. The summed E-state index contributed by atoms with van der Waals surface area (Å²) in [6, 6.07) is 15.2. The van der Waals surface area contributed by atoms with E-state index in [0.29, 0.717) is 23.4 Å². The molecule has 0 aliphatic heterocycles. The van der Waals surface area contributed by atoms with Gasteiger partial charge in [0.25, 0.3) is 0 Å². The van der Waals surface area contributed by atoms with Crippen molar-refractivity contribution in [2.24, 2.45) is 0 Å². The van der Waals surface area contributed by atoms with Crippen LogP contribution in [-0.4, -0.2) is 78.6 Å². The summed E-state index contributed by atoms with van der Waals surface area (Å²) in [5.74, 6) is -1.38. The van der Waals surface area contributed by atoms with E-state index in [0.717, 1.165) is 0 Å². The van der Waals surface area contributed by atoms with Gasteiger partial charge in [-0.3, -0.25) is 0 Å². The van der Waals surface area contributed by atoms with Crippen LogP contribution in [0, 0.1) is 0 Å². The lowest BCUT2D eigenvalue weighted by Gasteiger charge is -2.15. The number of ether oxygens (including phenoxy) is 2. The Morgan fingerprint density at radius 3 is 1.47 bits per heavy atom. The average Bonchev–Trinajstić information content (AvgIpc) is 3.14. The second kappa shape index (κ2) is 22.5. The van der Waals surface area contributed by atoms with Gasteiger partial charge < -0.3 is 41.0 Å². The minimum absolute atomic E-state index is 0.00607. The molecule has 57 heavy (non-hydrogen) atoms. The van der Waals surface area contributed by atoms with Crippen molar-refractivity contribution in [2.45, 2.75) is 23.6 Å². The maximum Gasteiger partial charge on any atom is 0.323 e. The third-order valence-electron chi connectivity index (χ3n) is 7.01. The molecule has 0 saturated heterocycles. The Hall–Kier alpha value is -3.60. The Kier molecular flexibility index (Phi) is 18.9. The Bertz CT molecular complexity index is 2280. The Balaban J connectivity index is 0.000000306. The molecule has 0 unspecified atom stereocenters. The van der Waals surface area contributed by atoms with Crippen molar-refractivity contribution in [1.82, 2.24) is 9.44 Å². The molecule has 0 aromatic heterocycles. The first kappa shape index (κ1) is 47.8. The van der Waals surface area contributed by atoms with Crippen LogP contribution >= 0.6 is 62.3 Å². The summed E-state index contributed by atoms with van der Waals surface area (Å²) in [5.41, 5.74) is 0.448. The van der Waals surface area contributed by atoms with Crippen molar-refractivity contribution in [3.63, 3.8) is 0 Å². The molecule has 0 saturated carbocycles. The van der Waals surface area contributed by atoms with E-state index in [4.69, 9.17) is 55.9 Å². The number of sulfonamides is 2. The minimum atomic E-state index is -4.15. The van der Waals surface area contributed by atoms with Crippen molar-refractivity contribution in [2.75, 3.05) is 60.8 Å². The number of benzene rings is 4. The van der Waals surface area contributed by atoms with E-state index in [1.807, 2.05) is 0 Å². The monoisotopic (exact) mass is 972 g/mol. The van der Waals surface area contributed by atoms with Gasteiger partial charge in [0.1, 0.15) is 9.79 Å². The van der Waals surface area contributed by atoms with Gasteiger partial charge in [-0.05, 0) is 78.3 Å². The first-order valence-corrected chi connectivity index (χ1v) is 21.7. The molecule has 310 valence electrons. The van der Waals surface area contributed by atoms with Gasteiger partial charge >= 0.3 is 12.1 Å². The van der Waals surface area contributed by atoms with Crippen LogP contribution in [0.5, 0.6) is 11.5 Å². The van der Waals surface area contributed by atoms with Gasteiger partial charge in [0, 0.05) is 30.8 Å². The highest BCUT2D eigenvalue weighted by atomic mass is 79.9. The molecule has 0 bridgehead atoms. The number of aromatic hydroxyl groups is 2. The van der Waals surface area contributed by atoms with Gasteiger partial charge in [-0.1, -0.05) is 64.6 Å². The zero-order valence-electron chi connectivity index (χ0n) is 30.0. The van der Waals surface area contributed by atoms with Gasteiger partial charge in [0.05, 0.1) is 56.1 Å². The number of anilines is 4. The summed E-state index contributed by atoms with van der Waals surface area (Å²) in [6.07, 6.45) is 0. The Labute approximate surface area is 357 Å². The zero-order chi connectivity index (χ0) is 42.3. The largest absolute Gasteiger partial charge is 0.504 e. The molecular weight excluding hydrogens is 938 g/mol. The number of nitrogens with one attached hydrogen (secondary N) is 6. The third-order valence-corrected chi connectivity index (χ3v) is 12.4. The normalized spacial score (nSPS) is 11.3. The topological polar surface area (TPSA) is 234 Å². The van der Waals surface area contributed by atoms with E-state index in [1.165, 1.54) is 30.3 Å². The fourth-order valence-corrected chi connectivity index (χ4v) is 8.47. The van der Waals surface area contributed by atoms with Crippen LogP contribution in [0.25, 0.3) is 0 Å². The number of urea groups is 2. The van der Waals surface area contributed by atoms with Gasteiger partial charge in [-0.15, -0.1) is 0 Å². The van der Waals surface area contributed by atoms with Gasteiger partial charge in [-0.25, -0.2) is 35.9 Å². The van der Waals surface area contributed by atoms with Crippen LogP contribution < -0.4 is 30.7 Å². The number of amides is 4. The Morgan fingerprint density at radius 2 is 1.02 bits per heavy atom. The van der Waals surface area contributed by atoms with Gasteiger partial charge in [0.2, 0.25) is 20.0 Å². The van der Waals surface area contributed by atoms with E-state index in [9.17, 15) is 36.6 Å². The summed E-state index contributed by atoms with van der Waals surface area (Å²) >= 11 is 27.1. The summed E-state index contributed by atoms with van der Waals surface area (Å²) in [7, 11) is -8.27. The van der Waals surface area contributed by atoms with E-state index < -0.39 is 53.4 Å². The first-order chi connectivity index (χ1) is 26.9. The molecule has 0 heterocycles. The van der Waals surface area contributed by atoms with E-state index in [2.05, 4.69) is 46.6 Å². The van der Waals surface area contributed by atoms with Crippen LogP contribution in [0.3, 0.4) is 0 Å². The molecule has 0 aliphatic rings. The SMILES string of the molecule is CCOCCNS(=O)(=O)c1c(Cl)ccc(NC(=O)Nc2cccc(Cl)c2Cl)c1O.CCOCCNS(=O)(=O)c1c(Cl)ccc(NC(=O)Nc2ccccc2Br)c1O. The number of hydrogen-bond acceptors (Lipinski definition) is 10. The van der Waals surface area contributed by atoms with Crippen molar-refractivity contribution < 1.29 is 46.1 Å². The van der Waals surface area contributed by atoms with Crippen LogP contribution in [0.2, 0.25) is 20.1 Å². The minimum Gasteiger partial charge on any atom is -0.504 e. The summed E-state index contributed by atoms with van der Waals surface area (Å²) < 4.78 is 65.2. The van der Waals surface area contributed by atoms with Crippen molar-refractivity contribution in [3.8, 4) is 11.5 Å². The molecule has 16 nitrogen and oxygen atoms in total. The first-order valence-electron chi connectivity index (χ1n) is 16.5. The molecule has 4 aromatic carbocycles. The summed E-state index contributed by atoms with van der Waals surface area (Å²) in [5, 5.41) is 30.6. The van der Waals surface area contributed by atoms with Crippen LogP contribution in [-0.2, 0) is 29.5 Å². The second-order valence-electron chi connectivity index (χ2n) is 11.0. The van der Waals surface area contributed by atoms with E-state index in [-0.39, 0.29) is 63.5 Å². The third kappa shape index (κ3) is 14.0. The quantitative estimate of drug-likeness (QED) is 0.0397. The number of phenols is 2. The number of rotatable bonds is 16. The lowest BCUT2D eigenvalue weighted by Crippen LogP contribution is -2.28. The van der Waals surface area contributed by atoms with E-state index >= 15 is 0 Å². The fourth-order valence-electron chi connectivity index (χ4n) is 4.45. The molecule has 4 amide bonds. The van der Waals surface area contributed by atoms with Crippen molar-refractivity contribution in [1.29, 1.82) is 0 Å². The molecule has 0 aliphatic carbocycles. The highest BCUT2D eigenvalue weighted by Crippen LogP contribution is 2.38. The molecule has 0 atom stereocenters. The second-order valence-corrected chi connectivity index (χ2v) is 16.8. The van der Waals surface area contributed by atoms with Crippen LogP contribution in [0.15, 0.2) is 81.0 Å². The fraction of sp³-hybridized carbons (Fsp3) is 0.235. The average molecular weight is 976 g/mol. The number of phenolic OH excluding ortho intramolecular Hbond substituents is 2. The predicted octanol–water partition coefficient (Wildman–Crippen LogP) is 8.08. The van der Waals surface area contributed by atoms with Crippen LogP contribution in [0.4, 0.5) is 32.3 Å². The van der Waals surface area contributed by atoms with Crippen LogP contribution in [0.1, 0.15) is 13.8 Å². The maximum atomic E-state index is 12.5. The summed E-state index contributed by atoms with van der Waals surface area (Å²) in [6.45, 7) is 4.73. The molecular formula is C34H37BrCl4N6O10S2. The molecule has 23 heteroatoms. The number of para-hydroxylation sites is 1.